The number of carboxylic acid groups (broad SMARTS) is 1. The smallest absolute Gasteiger partial charge is 0.309 e. The van der Waals surface area contributed by atoms with Crippen molar-refractivity contribution < 1.29 is 55.1 Å². The lowest BCUT2D eigenvalue weighted by molar-refractivity contribution is -0.310. The van der Waals surface area contributed by atoms with E-state index in [9.17, 15) is 45.6 Å². The van der Waals surface area contributed by atoms with Gasteiger partial charge in [-0.15, -0.1) is 0 Å². The van der Waals surface area contributed by atoms with Crippen LogP contribution >= 0.6 is 0 Å². The number of aliphatic carboxylic acids is 1. The first-order valence-corrected chi connectivity index (χ1v) is 13.5. The highest BCUT2D eigenvalue weighted by Crippen LogP contribution is 2.72. The minimum Gasteiger partial charge on any atom is -0.481 e. The van der Waals surface area contributed by atoms with Crippen molar-refractivity contribution in [3.05, 3.63) is 0 Å². The van der Waals surface area contributed by atoms with Crippen molar-refractivity contribution >= 4 is 5.97 Å². The van der Waals surface area contributed by atoms with Crippen molar-refractivity contribution in [2.45, 2.75) is 107 Å². The Morgan fingerprint density at radius 3 is 2.35 bits per heavy atom. The molecule has 8 N–H and O–H groups in total. The number of aliphatic hydroxyl groups excluding tert-OH is 6. The zero-order chi connectivity index (χ0) is 27.1. The van der Waals surface area contributed by atoms with Crippen molar-refractivity contribution in [3.63, 3.8) is 0 Å². The van der Waals surface area contributed by atoms with Gasteiger partial charge in [0.1, 0.15) is 24.4 Å². The van der Waals surface area contributed by atoms with Gasteiger partial charge in [-0.3, -0.25) is 4.79 Å². The van der Waals surface area contributed by atoms with Gasteiger partial charge in [0.15, 0.2) is 6.29 Å². The zero-order valence-electron chi connectivity index (χ0n) is 21.4. The largest absolute Gasteiger partial charge is 0.481 e. The van der Waals surface area contributed by atoms with E-state index in [1.807, 2.05) is 6.92 Å². The number of fused-ring (bicyclic) bond motifs is 3. The Hall–Kier alpha value is -0.890. The summed E-state index contributed by atoms with van der Waals surface area (Å²) in [4.78, 5) is 12.4. The maximum absolute atomic E-state index is 12.4. The van der Waals surface area contributed by atoms with Gasteiger partial charge < -0.3 is 50.3 Å². The molecular weight excluding hydrogens is 488 g/mol. The van der Waals surface area contributed by atoms with Gasteiger partial charge in [-0.05, 0) is 62.7 Å². The molecule has 37 heavy (non-hydrogen) atoms. The lowest BCUT2D eigenvalue weighted by Gasteiger charge is -2.66. The Labute approximate surface area is 216 Å². The van der Waals surface area contributed by atoms with Gasteiger partial charge >= 0.3 is 5.97 Å². The third-order valence-electron chi connectivity index (χ3n) is 11.2. The number of carbonyl (C=O) groups is 1. The highest BCUT2D eigenvalue weighted by atomic mass is 16.7. The Balaban J connectivity index is 1.40. The zero-order valence-corrected chi connectivity index (χ0v) is 21.4. The Bertz CT molecular complexity index is 900. The van der Waals surface area contributed by atoms with E-state index in [0.717, 1.165) is 6.42 Å². The third-order valence-corrected chi connectivity index (χ3v) is 11.2. The molecule has 0 unspecified atom stereocenters. The van der Waals surface area contributed by atoms with Crippen molar-refractivity contribution in [3.8, 4) is 0 Å². The summed E-state index contributed by atoms with van der Waals surface area (Å²) in [5, 5.41) is 84.9. The maximum atomic E-state index is 12.4. The summed E-state index contributed by atoms with van der Waals surface area (Å²) in [7, 11) is 0. The molecule has 5 aliphatic rings. The van der Waals surface area contributed by atoms with E-state index in [4.69, 9.17) is 9.47 Å². The van der Waals surface area contributed by atoms with Gasteiger partial charge in [-0.2, -0.15) is 0 Å². The fourth-order valence-electron chi connectivity index (χ4n) is 9.54. The van der Waals surface area contributed by atoms with Gasteiger partial charge in [0.25, 0.3) is 0 Å². The molecule has 0 aromatic carbocycles. The monoisotopic (exact) mass is 530 g/mol. The molecule has 1 heterocycles. The number of rotatable bonds is 5. The van der Waals surface area contributed by atoms with Gasteiger partial charge in [-0.1, -0.05) is 13.3 Å². The van der Waals surface area contributed by atoms with E-state index in [1.165, 1.54) is 0 Å². The Morgan fingerprint density at radius 2 is 1.70 bits per heavy atom. The number of carboxylic acids is 1. The normalized spacial score (nSPS) is 57.4. The standard InChI is InChI=1S/C26H42O11/c1-23-6-3-7-24(2,22(33)34)19(23)18(31)20(32)25-8-12(4-5-14(23)25)26(35,10-25)11-36-21-17(30)16(29)15(28)13(9-27)37-21/h12-21,27-32,35H,3-11H2,1-2H3,(H,33,34)/t12-,13+,14-,15+,16-,17+,18-,19-,20-,21+,23-,24+,25+,26-/m0/s1. The minimum absolute atomic E-state index is 0.0973. The summed E-state index contributed by atoms with van der Waals surface area (Å²) >= 11 is 0. The van der Waals surface area contributed by atoms with E-state index >= 15 is 0 Å². The van der Waals surface area contributed by atoms with E-state index in [-0.39, 0.29) is 24.9 Å². The molecule has 5 fully saturated rings. The second-order valence-corrected chi connectivity index (χ2v) is 13.0. The van der Waals surface area contributed by atoms with Gasteiger partial charge in [-0.25, -0.2) is 0 Å². The number of aliphatic hydroxyl groups is 7. The van der Waals surface area contributed by atoms with Crippen molar-refractivity contribution in [1.82, 2.24) is 0 Å². The Kier molecular flexibility index (Phi) is 6.78. The van der Waals surface area contributed by atoms with E-state index in [1.54, 1.807) is 6.92 Å². The number of hydrogen-bond donors (Lipinski definition) is 8. The molecule has 0 aromatic heterocycles. The van der Waals surface area contributed by atoms with Crippen molar-refractivity contribution in [1.29, 1.82) is 0 Å². The molecule has 0 radical (unpaired) electrons. The maximum Gasteiger partial charge on any atom is 0.309 e. The fraction of sp³-hybridized carbons (Fsp3) is 0.962. The second-order valence-electron chi connectivity index (χ2n) is 13.0. The molecule has 1 spiro atoms. The molecule has 11 nitrogen and oxygen atoms in total. The lowest BCUT2D eigenvalue weighted by Crippen LogP contribution is -2.69. The first kappa shape index (κ1) is 27.7. The highest BCUT2D eigenvalue weighted by Gasteiger charge is 2.74. The summed E-state index contributed by atoms with van der Waals surface area (Å²) in [6, 6.07) is 0. The van der Waals surface area contributed by atoms with Crippen molar-refractivity contribution in [2.75, 3.05) is 13.2 Å². The molecule has 4 saturated carbocycles. The van der Waals surface area contributed by atoms with Crippen LogP contribution in [0.15, 0.2) is 0 Å². The Morgan fingerprint density at radius 1 is 1.00 bits per heavy atom. The van der Waals surface area contributed by atoms with Crippen LogP contribution in [0.5, 0.6) is 0 Å². The molecule has 1 aliphatic heterocycles. The van der Waals surface area contributed by atoms with Crippen LogP contribution in [0.4, 0.5) is 0 Å². The summed E-state index contributed by atoms with van der Waals surface area (Å²) in [5.74, 6) is -1.94. The summed E-state index contributed by atoms with van der Waals surface area (Å²) in [6.45, 7) is 2.85. The topological polar surface area (TPSA) is 197 Å². The molecule has 11 heteroatoms. The summed E-state index contributed by atoms with van der Waals surface area (Å²) in [5.41, 5.74) is -3.93. The molecule has 212 valence electrons. The number of hydrogen-bond acceptors (Lipinski definition) is 10. The second kappa shape index (κ2) is 9.07. The summed E-state index contributed by atoms with van der Waals surface area (Å²) in [6.07, 6.45) is -5.91. The van der Waals surface area contributed by atoms with Gasteiger partial charge in [0.2, 0.25) is 0 Å². The third kappa shape index (κ3) is 3.76. The molecule has 2 bridgehead atoms. The van der Waals surface area contributed by atoms with Crippen LogP contribution in [0.1, 0.15) is 58.8 Å². The van der Waals surface area contributed by atoms with Crippen molar-refractivity contribution in [2.24, 2.45) is 34.0 Å². The molecule has 0 amide bonds. The average Bonchev–Trinajstić information content (AvgIpc) is 3.07. The number of ether oxygens (including phenoxy) is 2. The predicted octanol–water partition coefficient (Wildman–Crippen LogP) is -1.03. The van der Waals surface area contributed by atoms with Gasteiger partial charge in [0, 0.05) is 11.3 Å². The highest BCUT2D eigenvalue weighted by molar-refractivity contribution is 5.75. The molecule has 14 atom stereocenters. The molecule has 1 saturated heterocycles. The van der Waals surface area contributed by atoms with Crippen LogP contribution in [-0.4, -0.2) is 109 Å². The molecular formula is C26H42O11. The quantitative estimate of drug-likeness (QED) is 0.216. The molecule has 0 aromatic rings. The van der Waals surface area contributed by atoms with Crippen LogP contribution in [0, 0.1) is 34.0 Å². The van der Waals surface area contributed by atoms with Crippen LogP contribution in [0.25, 0.3) is 0 Å². The average molecular weight is 531 g/mol. The first-order valence-electron chi connectivity index (χ1n) is 13.5. The minimum atomic E-state index is -1.60. The van der Waals surface area contributed by atoms with Crippen LogP contribution in [-0.2, 0) is 14.3 Å². The van der Waals surface area contributed by atoms with Crippen LogP contribution < -0.4 is 0 Å². The molecule has 5 rings (SSSR count). The van der Waals surface area contributed by atoms with E-state index < -0.39 is 83.3 Å². The SMILES string of the molecule is C[C@@]12CCC[C@@](C)(C(=O)O)[C@H]1[C@H](O)[C@H](O)[C@@]13C[C@H](CC[C@@H]21)[C@@](O)(CO[C@@H]1O[C@H](CO)[C@@H](O)[C@H](O)[C@H]1O)C3. The summed E-state index contributed by atoms with van der Waals surface area (Å²) < 4.78 is 11.2. The fourth-order valence-corrected chi connectivity index (χ4v) is 9.54. The first-order chi connectivity index (χ1) is 17.2. The predicted molar refractivity (Wildman–Crippen MR) is 126 cm³/mol. The lowest BCUT2D eigenvalue weighted by atomic mass is 9.39. The van der Waals surface area contributed by atoms with Crippen LogP contribution in [0.3, 0.4) is 0 Å². The van der Waals surface area contributed by atoms with E-state index in [0.29, 0.717) is 32.1 Å². The van der Waals surface area contributed by atoms with Gasteiger partial charge in [0.05, 0.1) is 36.4 Å². The molecule has 4 aliphatic carbocycles. The van der Waals surface area contributed by atoms with Crippen LogP contribution in [0.2, 0.25) is 0 Å². The van der Waals surface area contributed by atoms with E-state index in [2.05, 4.69) is 0 Å².